The molecule has 11 heteroatoms. The molecular formula is C23H25F3N4O3S. The number of H-pyrrole nitrogens is 1. The number of rotatable bonds is 7. The number of ether oxygens (including phenoxy) is 1. The summed E-state index contributed by atoms with van der Waals surface area (Å²) in [5.74, 6) is 0.437. The van der Waals surface area contributed by atoms with Crippen LogP contribution in [0.4, 0.5) is 18.9 Å². The molecule has 0 spiro atoms. The monoisotopic (exact) mass is 494 g/mol. The van der Waals surface area contributed by atoms with Crippen LogP contribution < -0.4 is 9.64 Å². The molecule has 7 nitrogen and oxygen atoms in total. The number of anilines is 1. The van der Waals surface area contributed by atoms with Crippen LogP contribution in [0, 0.1) is 0 Å². The fraction of sp³-hybridized carbons (Fsp3) is 0.348. The molecule has 182 valence electrons. The first-order chi connectivity index (χ1) is 16.2. The first-order valence-electron chi connectivity index (χ1n) is 10.7. The smallest absolute Gasteiger partial charge is 0.497 e. The average Bonchev–Trinajstić information content (AvgIpc) is 3.27. The molecule has 0 fully saturated rings. The zero-order chi connectivity index (χ0) is 24.3. The van der Waals surface area contributed by atoms with E-state index in [-0.39, 0.29) is 6.54 Å². The summed E-state index contributed by atoms with van der Waals surface area (Å²) in [6.45, 7) is -0.381. The largest absolute Gasteiger partial charge is 0.511 e. The molecule has 3 aromatic rings. The van der Waals surface area contributed by atoms with Crippen molar-refractivity contribution in [2.75, 3.05) is 18.6 Å². The van der Waals surface area contributed by atoms with E-state index in [9.17, 15) is 21.6 Å². The molecule has 1 N–H and O–H groups in total. The number of aryl methyl sites for hydroxylation is 1. The van der Waals surface area contributed by atoms with Crippen LogP contribution in [0.3, 0.4) is 0 Å². The van der Waals surface area contributed by atoms with Crippen LogP contribution in [0.25, 0.3) is 0 Å². The van der Waals surface area contributed by atoms with Crippen molar-refractivity contribution in [3.63, 3.8) is 0 Å². The Morgan fingerprint density at radius 1 is 1.18 bits per heavy atom. The van der Waals surface area contributed by atoms with Gasteiger partial charge in [-0.05, 0) is 42.2 Å². The van der Waals surface area contributed by atoms with Gasteiger partial charge in [0, 0.05) is 31.0 Å². The lowest BCUT2D eigenvalue weighted by atomic mass is 10.0. The summed E-state index contributed by atoms with van der Waals surface area (Å²) in [5, 5.41) is 0. The molecule has 4 rings (SSSR count). The quantitative estimate of drug-likeness (QED) is 0.535. The molecule has 1 unspecified atom stereocenters. The number of benzene rings is 2. The van der Waals surface area contributed by atoms with E-state index < -0.39 is 28.1 Å². The van der Waals surface area contributed by atoms with E-state index in [4.69, 9.17) is 4.74 Å². The summed E-state index contributed by atoms with van der Waals surface area (Å²) in [6.07, 6.45) is 4.21. The van der Waals surface area contributed by atoms with Crippen molar-refractivity contribution >= 4 is 15.7 Å². The van der Waals surface area contributed by atoms with Crippen molar-refractivity contribution in [2.24, 2.45) is 0 Å². The highest BCUT2D eigenvalue weighted by Crippen LogP contribution is 2.37. The second-order valence-electron chi connectivity index (χ2n) is 8.12. The number of methoxy groups -OCH3 is 1. The van der Waals surface area contributed by atoms with Gasteiger partial charge in [-0.2, -0.15) is 17.5 Å². The normalized spacial score (nSPS) is 17.3. The van der Waals surface area contributed by atoms with Gasteiger partial charge in [0.1, 0.15) is 5.75 Å². The SMILES string of the molecule is COc1ccc2c(c1)CN(S(=O)(=O)C(F)(F)F)CC(CCc1ccccc1)N2Cc1cnc[nH]1. The van der Waals surface area contributed by atoms with Gasteiger partial charge in [0.2, 0.25) is 0 Å². The van der Waals surface area contributed by atoms with Crippen LogP contribution in [0.2, 0.25) is 0 Å². The third kappa shape index (κ3) is 5.05. The van der Waals surface area contributed by atoms with Gasteiger partial charge in [-0.15, -0.1) is 0 Å². The third-order valence-electron chi connectivity index (χ3n) is 5.93. The number of halogens is 3. The van der Waals surface area contributed by atoms with Crippen LogP contribution in [-0.4, -0.2) is 47.9 Å². The number of aromatic amines is 1. The molecule has 1 aliphatic heterocycles. The lowest BCUT2D eigenvalue weighted by molar-refractivity contribution is -0.0492. The molecule has 2 heterocycles. The van der Waals surface area contributed by atoms with Crippen LogP contribution in [0.15, 0.2) is 61.1 Å². The molecule has 0 amide bonds. The zero-order valence-electron chi connectivity index (χ0n) is 18.5. The predicted molar refractivity (Wildman–Crippen MR) is 122 cm³/mol. The van der Waals surface area contributed by atoms with E-state index in [0.29, 0.717) is 40.7 Å². The number of imidazole rings is 1. The van der Waals surface area contributed by atoms with Crippen molar-refractivity contribution < 1.29 is 26.3 Å². The highest BCUT2D eigenvalue weighted by Gasteiger charge is 2.51. The predicted octanol–water partition coefficient (Wildman–Crippen LogP) is 4.09. The first kappa shape index (κ1) is 24.1. The van der Waals surface area contributed by atoms with E-state index >= 15 is 0 Å². The lowest BCUT2D eigenvalue weighted by Gasteiger charge is -2.34. The Kier molecular flexibility index (Phi) is 6.85. The Bertz CT molecular complexity index is 1200. The van der Waals surface area contributed by atoms with Crippen molar-refractivity contribution in [3.05, 3.63) is 77.9 Å². The van der Waals surface area contributed by atoms with Crippen molar-refractivity contribution in [1.29, 1.82) is 0 Å². The van der Waals surface area contributed by atoms with Gasteiger partial charge in [-0.3, -0.25) is 0 Å². The number of nitrogens with one attached hydrogen (secondary N) is 1. The maximum Gasteiger partial charge on any atom is 0.511 e. The van der Waals surface area contributed by atoms with E-state index in [2.05, 4.69) is 9.97 Å². The number of hydrogen-bond acceptors (Lipinski definition) is 5. The number of sulfonamides is 1. The van der Waals surface area contributed by atoms with Gasteiger partial charge in [0.15, 0.2) is 0 Å². The number of aromatic nitrogens is 2. The van der Waals surface area contributed by atoms with Crippen molar-refractivity contribution in [1.82, 2.24) is 14.3 Å². The fourth-order valence-corrected chi connectivity index (χ4v) is 5.17. The third-order valence-corrected chi connectivity index (χ3v) is 7.48. The van der Waals surface area contributed by atoms with Gasteiger partial charge < -0.3 is 14.6 Å². The second-order valence-corrected chi connectivity index (χ2v) is 10.1. The van der Waals surface area contributed by atoms with Gasteiger partial charge in [0.05, 0.1) is 25.7 Å². The Labute approximate surface area is 196 Å². The number of alkyl halides is 3. The maximum absolute atomic E-state index is 13.6. The number of hydrogen-bond donors (Lipinski definition) is 1. The summed E-state index contributed by atoms with van der Waals surface area (Å²) < 4.78 is 71.5. The van der Waals surface area contributed by atoms with Crippen LogP contribution in [-0.2, 0) is 29.5 Å². The minimum atomic E-state index is -5.54. The van der Waals surface area contributed by atoms with Gasteiger partial charge in [-0.1, -0.05) is 30.3 Å². The molecule has 1 aliphatic rings. The van der Waals surface area contributed by atoms with Crippen LogP contribution in [0.1, 0.15) is 23.2 Å². The van der Waals surface area contributed by atoms with Crippen LogP contribution >= 0.6 is 0 Å². The Balaban J connectivity index is 1.77. The highest BCUT2D eigenvalue weighted by molar-refractivity contribution is 7.89. The molecular weight excluding hydrogens is 469 g/mol. The van der Waals surface area contributed by atoms with E-state index in [1.54, 1.807) is 24.4 Å². The first-order valence-corrected chi connectivity index (χ1v) is 12.1. The molecule has 0 radical (unpaired) electrons. The molecule has 0 bridgehead atoms. The lowest BCUT2D eigenvalue weighted by Crippen LogP contribution is -2.47. The van der Waals surface area contributed by atoms with Crippen LogP contribution in [0.5, 0.6) is 5.75 Å². The van der Waals surface area contributed by atoms with Gasteiger partial charge in [-0.25, -0.2) is 13.4 Å². The minimum Gasteiger partial charge on any atom is -0.497 e. The molecule has 1 atom stereocenters. The van der Waals surface area contributed by atoms with Gasteiger partial charge >= 0.3 is 15.5 Å². The zero-order valence-corrected chi connectivity index (χ0v) is 19.3. The Hall–Kier alpha value is -3.05. The average molecular weight is 495 g/mol. The standard InChI is InChI=1S/C23H25F3N4O3S/c1-33-21-9-10-22-18(11-21)13-29(34(31,32)23(24,25)26)15-20(8-7-17-5-3-2-4-6-17)30(22)14-19-12-27-16-28-19/h2-6,9-12,16,20H,7-8,13-15H2,1H3,(H,27,28). The van der Waals surface area contributed by atoms with E-state index in [1.165, 1.54) is 13.4 Å². The van der Waals surface area contributed by atoms with E-state index in [1.807, 2.05) is 35.2 Å². The number of nitrogens with zero attached hydrogens (tertiary/aromatic N) is 3. The summed E-state index contributed by atoms with van der Waals surface area (Å²) >= 11 is 0. The summed E-state index contributed by atoms with van der Waals surface area (Å²) in [6, 6.07) is 14.1. The Morgan fingerprint density at radius 2 is 1.94 bits per heavy atom. The van der Waals surface area contributed by atoms with Crippen molar-refractivity contribution in [2.45, 2.75) is 37.5 Å². The Morgan fingerprint density at radius 3 is 2.59 bits per heavy atom. The molecule has 0 saturated heterocycles. The maximum atomic E-state index is 13.6. The summed E-state index contributed by atoms with van der Waals surface area (Å²) in [4.78, 5) is 9.03. The molecule has 0 saturated carbocycles. The fourth-order valence-electron chi connectivity index (χ4n) is 4.20. The summed E-state index contributed by atoms with van der Waals surface area (Å²) in [5.41, 5.74) is -2.51. The molecule has 1 aromatic heterocycles. The van der Waals surface area contributed by atoms with Gasteiger partial charge in [0.25, 0.3) is 0 Å². The topological polar surface area (TPSA) is 78.5 Å². The molecule has 2 aromatic carbocycles. The second kappa shape index (κ2) is 9.67. The van der Waals surface area contributed by atoms with E-state index in [0.717, 1.165) is 11.3 Å². The molecule has 34 heavy (non-hydrogen) atoms. The minimum absolute atomic E-state index is 0.306. The summed E-state index contributed by atoms with van der Waals surface area (Å²) in [7, 11) is -4.09. The molecule has 0 aliphatic carbocycles. The van der Waals surface area contributed by atoms with Crippen molar-refractivity contribution in [3.8, 4) is 5.75 Å². The number of fused-ring (bicyclic) bond motifs is 1. The highest BCUT2D eigenvalue weighted by atomic mass is 32.2.